The van der Waals surface area contributed by atoms with Crippen molar-refractivity contribution in [3.05, 3.63) is 42.1 Å². The summed E-state index contributed by atoms with van der Waals surface area (Å²) >= 11 is 0. The van der Waals surface area contributed by atoms with Crippen molar-refractivity contribution in [2.24, 2.45) is 7.05 Å². The van der Waals surface area contributed by atoms with Gasteiger partial charge in [0.25, 0.3) is 5.91 Å². The average molecular weight is 301 g/mol. The van der Waals surface area contributed by atoms with E-state index in [1.54, 1.807) is 18.7 Å². The fourth-order valence-corrected chi connectivity index (χ4v) is 2.26. The molecule has 0 saturated carbocycles. The van der Waals surface area contributed by atoms with Crippen LogP contribution in [0.5, 0.6) is 0 Å². The molecule has 1 atom stereocenters. The van der Waals surface area contributed by atoms with Crippen molar-refractivity contribution in [3.63, 3.8) is 0 Å². The van der Waals surface area contributed by atoms with Gasteiger partial charge in [-0.15, -0.1) is 0 Å². The first-order valence-corrected chi connectivity index (χ1v) is 7.09. The topological polar surface area (TPSA) is 84.2 Å². The van der Waals surface area contributed by atoms with Gasteiger partial charge in [-0.3, -0.25) is 14.3 Å². The largest absolute Gasteiger partial charge is 0.481 e. The van der Waals surface area contributed by atoms with Crippen LogP contribution in [0, 0.1) is 0 Å². The van der Waals surface area contributed by atoms with Crippen LogP contribution in [0.15, 0.2) is 36.5 Å². The molecule has 0 aliphatic heterocycles. The monoisotopic (exact) mass is 301 g/mol. The first-order chi connectivity index (χ1) is 10.5. The lowest BCUT2D eigenvalue weighted by atomic mass is 10.1. The van der Waals surface area contributed by atoms with Gasteiger partial charge < -0.3 is 10.4 Å². The number of hydrogen-bond donors (Lipinski definition) is 2. The summed E-state index contributed by atoms with van der Waals surface area (Å²) < 4.78 is 1.66. The smallest absolute Gasteiger partial charge is 0.303 e. The lowest BCUT2D eigenvalue weighted by molar-refractivity contribution is -0.137. The summed E-state index contributed by atoms with van der Waals surface area (Å²) in [5.41, 5.74) is 2.13. The van der Waals surface area contributed by atoms with Crippen LogP contribution in [0.4, 0.5) is 0 Å². The SMILES string of the molecule is CC(CCC(=O)O)NC(=O)c1cnn(C)c1-c1ccccc1. The molecule has 1 heterocycles. The van der Waals surface area contributed by atoms with E-state index in [0.29, 0.717) is 12.0 Å². The highest BCUT2D eigenvalue weighted by Gasteiger charge is 2.19. The maximum absolute atomic E-state index is 12.4. The average Bonchev–Trinajstić information content (AvgIpc) is 2.88. The molecule has 2 N–H and O–H groups in total. The summed E-state index contributed by atoms with van der Waals surface area (Å²) in [4.78, 5) is 23.0. The summed E-state index contributed by atoms with van der Waals surface area (Å²) in [7, 11) is 1.78. The predicted molar refractivity (Wildman–Crippen MR) is 82.4 cm³/mol. The third-order valence-corrected chi connectivity index (χ3v) is 3.40. The molecule has 22 heavy (non-hydrogen) atoms. The van der Waals surface area contributed by atoms with Gasteiger partial charge in [0.2, 0.25) is 0 Å². The van der Waals surface area contributed by atoms with E-state index in [-0.39, 0.29) is 18.4 Å². The maximum atomic E-state index is 12.4. The number of benzene rings is 1. The van der Waals surface area contributed by atoms with Crippen molar-refractivity contribution in [3.8, 4) is 11.3 Å². The van der Waals surface area contributed by atoms with Gasteiger partial charge in [0, 0.05) is 25.1 Å². The summed E-state index contributed by atoms with van der Waals surface area (Å²) in [5, 5.41) is 15.7. The molecule has 6 heteroatoms. The third-order valence-electron chi connectivity index (χ3n) is 3.40. The van der Waals surface area contributed by atoms with Crippen LogP contribution in [0.2, 0.25) is 0 Å². The maximum Gasteiger partial charge on any atom is 0.303 e. The predicted octanol–water partition coefficient (Wildman–Crippen LogP) is 2.07. The highest BCUT2D eigenvalue weighted by atomic mass is 16.4. The number of carbonyl (C=O) groups excluding carboxylic acids is 1. The number of hydrogen-bond acceptors (Lipinski definition) is 3. The van der Waals surface area contributed by atoms with Crippen molar-refractivity contribution >= 4 is 11.9 Å². The van der Waals surface area contributed by atoms with E-state index >= 15 is 0 Å². The molecule has 1 aromatic heterocycles. The molecule has 0 bridgehead atoms. The van der Waals surface area contributed by atoms with Gasteiger partial charge in [-0.2, -0.15) is 5.10 Å². The zero-order chi connectivity index (χ0) is 16.1. The molecule has 2 rings (SSSR count). The molecule has 0 radical (unpaired) electrons. The quantitative estimate of drug-likeness (QED) is 0.855. The summed E-state index contributed by atoms with van der Waals surface area (Å²) in [5.74, 6) is -1.11. The zero-order valence-electron chi connectivity index (χ0n) is 12.6. The van der Waals surface area contributed by atoms with Gasteiger partial charge >= 0.3 is 5.97 Å². The first-order valence-electron chi connectivity index (χ1n) is 7.09. The van der Waals surface area contributed by atoms with Crippen LogP contribution >= 0.6 is 0 Å². The summed E-state index contributed by atoms with van der Waals surface area (Å²) in [6.45, 7) is 1.79. The fraction of sp³-hybridized carbons (Fsp3) is 0.312. The van der Waals surface area contributed by atoms with Gasteiger partial charge in [0.1, 0.15) is 0 Å². The Bertz CT molecular complexity index is 665. The van der Waals surface area contributed by atoms with Crippen LogP contribution in [-0.2, 0) is 11.8 Å². The minimum Gasteiger partial charge on any atom is -0.481 e. The third kappa shape index (κ3) is 3.72. The molecule has 2 aromatic rings. The zero-order valence-corrected chi connectivity index (χ0v) is 12.6. The molecule has 0 aliphatic carbocycles. The second kappa shape index (κ2) is 6.89. The standard InChI is InChI=1S/C16H19N3O3/c1-11(8-9-14(20)21)18-16(22)13-10-17-19(2)15(13)12-6-4-3-5-7-12/h3-7,10-11H,8-9H2,1-2H3,(H,18,22)(H,20,21). The van der Waals surface area contributed by atoms with E-state index in [1.807, 2.05) is 30.3 Å². The number of carbonyl (C=O) groups is 2. The Morgan fingerprint density at radius 3 is 2.64 bits per heavy atom. The first kappa shape index (κ1) is 15.8. The molecule has 1 amide bonds. The van der Waals surface area contributed by atoms with Crippen molar-refractivity contribution in [2.75, 3.05) is 0 Å². The van der Waals surface area contributed by atoms with E-state index in [1.165, 1.54) is 6.20 Å². The minimum atomic E-state index is -0.868. The Balaban J connectivity index is 2.16. The molecule has 1 aromatic carbocycles. The number of aliphatic carboxylic acids is 1. The van der Waals surface area contributed by atoms with Crippen LogP contribution in [0.25, 0.3) is 11.3 Å². The number of nitrogens with zero attached hydrogens (tertiary/aromatic N) is 2. The minimum absolute atomic E-state index is 0.0278. The molecular formula is C16H19N3O3. The van der Waals surface area contributed by atoms with E-state index in [4.69, 9.17) is 5.11 Å². The summed E-state index contributed by atoms with van der Waals surface area (Å²) in [6, 6.07) is 9.34. The molecule has 6 nitrogen and oxygen atoms in total. The number of rotatable bonds is 6. The number of nitrogens with one attached hydrogen (secondary N) is 1. The number of carboxylic acids is 1. The molecular weight excluding hydrogens is 282 g/mol. The Kier molecular flexibility index (Phi) is 4.93. The Morgan fingerprint density at radius 1 is 1.32 bits per heavy atom. The van der Waals surface area contributed by atoms with E-state index in [2.05, 4.69) is 10.4 Å². The lowest BCUT2D eigenvalue weighted by Crippen LogP contribution is -2.33. The van der Waals surface area contributed by atoms with Crippen molar-refractivity contribution in [2.45, 2.75) is 25.8 Å². The second-order valence-corrected chi connectivity index (χ2v) is 5.20. The Hall–Kier alpha value is -2.63. The Labute approximate surface area is 128 Å². The van der Waals surface area contributed by atoms with Crippen molar-refractivity contribution < 1.29 is 14.7 Å². The van der Waals surface area contributed by atoms with E-state index in [0.717, 1.165) is 11.3 Å². The van der Waals surface area contributed by atoms with Gasteiger partial charge in [0.05, 0.1) is 17.5 Å². The van der Waals surface area contributed by atoms with Crippen LogP contribution in [0.3, 0.4) is 0 Å². The van der Waals surface area contributed by atoms with Crippen LogP contribution in [0.1, 0.15) is 30.1 Å². The van der Waals surface area contributed by atoms with Gasteiger partial charge in [-0.05, 0) is 13.3 Å². The van der Waals surface area contributed by atoms with Gasteiger partial charge in [0.15, 0.2) is 0 Å². The number of aromatic nitrogens is 2. The van der Waals surface area contributed by atoms with Crippen molar-refractivity contribution in [1.82, 2.24) is 15.1 Å². The highest BCUT2D eigenvalue weighted by molar-refractivity contribution is 6.00. The fourth-order valence-electron chi connectivity index (χ4n) is 2.26. The van der Waals surface area contributed by atoms with E-state index < -0.39 is 5.97 Å². The lowest BCUT2D eigenvalue weighted by Gasteiger charge is -2.13. The number of carboxylic acid groups (broad SMARTS) is 1. The normalized spacial score (nSPS) is 11.9. The molecule has 0 spiro atoms. The molecule has 116 valence electrons. The van der Waals surface area contributed by atoms with Crippen LogP contribution in [-0.4, -0.2) is 32.8 Å². The van der Waals surface area contributed by atoms with Crippen molar-refractivity contribution in [1.29, 1.82) is 0 Å². The molecule has 0 saturated heterocycles. The number of amides is 1. The molecule has 1 unspecified atom stereocenters. The molecule has 0 aliphatic rings. The molecule has 0 fully saturated rings. The Morgan fingerprint density at radius 2 is 2.00 bits per heavy atom. The van der Waals surface area contributed by atoms with Crippen LogP contribution < -0.4 is 5.32 Å². The highest BCUT2D eigenvalue weighted by Crippen LogP contribution is 2.22. The number of aryl methyl sites for hydroxylation is 1. The van der Waals surface area contributed by atoms with Gasteiger partial charge in [-0.25, -0.2) is 0 Å². The van der Waals surface area contributed by atoms with Gasteiger partial charge in [-0.1, -0.05) is 30.3 Å². The summed E-state index contributed by atoms with van der Waals surface area (Å²) in [6.07, 6.45) is 1.95. The second-order valence-electron chi connectivity index (χ2n) is 5.20. The van der Waals surface area contributed by atoms with E-state index in [9.17, 15) is 9.59 Å².